The Bertz CT molecular complexity index is 1170. The molecule has 1 heterocycles. The van der Waals surface area contributed by atoms with Crippen LogP contribution in [0, 0.1) is 0 Å². The Balaban J connectivity index is 1.85. The largest absolute Gasteiger partial charge is 0.349 e. The van der Waals surface area contributed by atoms with E-state index in [9.17, 15) is 24.0 Å². The van der Waals surface area contributed by atoms with Crippen LogP contribution >= 0.6 is 0 Å². The van der Waals surface area contributed by atoms with E-state index in [0.29, 0.717) is 15.8 Å². The van der Waals surface area contributed by atoms with Crippen molar-refractivity contribution in [2.75, 3.05) is 5.32 Å². The average Bonchev–Trinajstić information content (AvgIpc) is 3.56. The van der Waals surface area contributed by atoms with Crippen molar-refractivity contribution in [3.8, 4) is 0 Å². The highest BCUT2D eigenvalue weighted by Gasteiger charge is 2.24. The summed E-state index contributed by atoms with van der Waals surface area (Å²) >= 11 is 0. The molecule has 0 saturated heterocycles. The summed E-state index contributed by atoms with van der Waals surface area (Å²) in [7, 11) is 0. The van der Waals surface area contributed by atoms with Crippen molar-refractivity contribution in [1.82, 2.24) is 19.0 Å². The van der Waals surface area contributed by atoms with Crippen LogP contribution in [0.5, 0.6) is 0 Å². The van der Waals surface area contributed by atoms with Crippen molar-refractivity contribution >= 4 is 17.5 Å². The van der Waals surface area contributed by atoms with Gasteiger partial charge in [-0.25, -0.2) is 28.1 Å². The van der Waals surface area contributed by atoms with Gasteiger partial charge in [0.25, 0.3) is 5.91 Å². The Hall–Kier alpha value is -3.95. The lowest BCUT2D eigenvalue weighted by Crippen LogP contribution is -2.55. The predicted octanol–water partition coefficient (Wildman–Crippen LogP) is 0.0746. The smallest absolute Gasteiger partial charge is 0.337 e. The second-order valence-electron chi connectivity index (χ2n) is 7.11. The molecule has 0 radical (unpaired) electrons. The number of nitrogens with one attached hydrogen (secondary N) is 2. The van der Waals surface area contributed by atoms with Crippen molar-refractivity contribution in [1.29, 1.82) is 0 Å². The van der Waals surface area contributed by atoms with Crippen LogP contribution in [0.15, 0.2) is 64.0 Å². The molecule has 1 aromatic heterocycles. The summed E-state index contributed by atoms with van der Waals surface area (Å²) in [6.45, 7) is 6.16. The number of hydrogen-bond donors (Lipinski definition) is 2. The molecule has 10 nitrogen and oxygen atoms in total. The van der Waals surface area contributed by atoms with Crippen LogP contribution in [-0.4, -0.2) is 31.6 Å². The maximum Gasteiger partial charge on any atom is 0.337 e. The molecule has 1 aliphatic carbocycles. The molecule has 2 aromatic rings. The number of carbonyl (C=O) groups is 2. The Morgan fingerprint density at radius 1 is 0.968 bits per heavy atom. The third-order valence-corrected chi connectivity index (χ3v) is 4.63. The number of aromatic nitrogens is 3. The van der Waals surface area contributed by atoms with Crippen LogP contribution in [0.2, 0.25) is 0 Å². The minimum Gasteiger partial charge on any atom is -0.349 e. The van der Waals surface area contributed by atoms with Gasteiger partial charge in [0, 0.05) is 17.3 Å². The fourth-order valence-electron chi connectivity index (χ4n) is 2.97. The van der Waals surface area contributed by atoms with Gasteiger partial charge in [0.15, 0.2) is 0 Å². The zero-order valence-corrected chi connectivity index (χ0v) is 16.9. The molecule has 31 heavy (non-hydrogen) atoms. The summed E-state index contributed by atoms with van der Waals surface area (Å²) in [5.41, 5.74) is -1.91. The highest BCUT2D eigenvalue weighted by atomic mass is 16.2. The van der Waals surface area contributed by atoms with Gasteiger partial charge in [-0.1, -0.05) is 18.2 Å². The summed E-state index contributed by atoms with van der Waals surface area (Å²) in [4.78, 5) is 62.3. The number of hydrogen-bond acceptors (Lipinski definition) is 5. The standard InChI is InChI=1S/C21H23N5O5/c1-3-10-24-19(29)25(11-4-2)21(31)26(20(24)30)13-17(27)22-16-7-5-6-14(12-16)18(28)23-15-8-9-15/h3-7,12,15H,1-2,8-11,13H2,(H,22,27)(H,23,28). The van der Waals surface area contributed by atoms with Gasteiger partial charge >= 0.3 is 17.1 Å². The van der Waals surface area contributed by atoms with Gasteiger partial charge in [-0.3, -0.25) is 9.59 Å². The van der Waals surface area contributed by atoms with E-state index in [1.165, 1.54) is 18.2 Å². The molecule has 2 N–H and O–H groups in total. The SMILES string of the molecule is C=CCn1c(=O)n(CC=C)c(=O)n(CC(=O)Nc2cccc(C(=O)NC3CC3)c2)c1=O. The summed E-state index contributed by atoms with van der Waals surface area (Å²) in [6, 6.07) is 6.53. The van der Waals surface area contributed by atoms with E-state index in [2.05, 4.69) is 23.8 Å². The molecule has 0 bridgehead atoms. The first-order valence-corrected chi connectivity index (χ1v) is 9.72. The van der Waals surface area contributed by atoms with Crippen molar-refractivity contribution in [3.63, 3.8) is 0 Å². The third-order valence-electron chi connectivity index (χ3n) is 4.63. The van der Waals surface area contributed by atoms with Crippen molar-refractivity contribution in [2.24, 2.45) is 0 Å². The van der Waals surface area contributed by atoms with Gasteiger partial charge in [-0.2, -0.15) is 0 Å². The van der Waals surface area contributed by atoms with E-state index in [1.54, 1.807) is 18.2 Å². The summed E-state index contributed by atoms with van der Waals surface area (Å²) in [5, 5.41) is 5.43. The molecule has 1 aliphatic rings. The molecule has 0 spiro atoms. The van der Waals surface area contributed by atoms with E-state index in [4.69, 9.17) is 0 Å². The molecule has 3 rings (SSSR count). The first-order chi connectivity index (χ1) is 14.8. The lowest BCUT2D eigenvalue weighted by Gasteiger charge is -2.12. The van der Waals surface area contributed by atoms with Gasteiger partial charge in [-0.05, 0) is 31.0 Å². The number of rotatable bonds is 9. The fraction of sp³-hybridized carbons (Fsp3) is 0.286. The molecule has 0 aliphatic heterocycles. The third kappa shape index (κ3) is 4.97. The zero-order valence-electron chi connectivity index (χ0n) is 16.9. The summed E-state index contributed by atoms with van der Waals surface area (Å²) in [6.07, 6.45) is 4.59. The predicted molar refractivity (Wildman–Crippen MR) is 115 cm³/mol. The van der Waals surface area contributed by atoms with Crippen molar-refractivity contribution in [2.45, 2.75) is 38.5 Å². The summed E-state index contributed by atoms with van der Waals surface area (Å²) < 4.78 is 2.30. The van der Waals surface area contributed by atoms with E-state index >= 15 is 0 Å². The second kappa shape index (κ2) is 9.24. The maximum absolute atomic E-state index is 12.6. The number of anilines is 1. The van der Waals surface area contributed by atoms with Crippen molar-refractivity contribution in [3.05, 3.63) is 86.6 Å². The van der Waals surface area contributed by atoms with Crippen LogP contribution in [0.1, 0.15) is 23.2 Å². The number of amides is 2. The Labute approximate surface area is 177 Å². The lowest BCUT2D eigenvalue weighted by molar-refractivity contribution is -0.116. The van der Waals surface area contributed by atoms with Crippen LogP contribution in [0.25, 0.3) is 0 Å². The van der Waals surface area contributed by atoms with Gasteiger partial charge in [0.05, 0.1) is 13.1 Å². The molecule has 1 aromatic carbocycles. The molecule has 1 fully saturated rings. The number of allylic oxidation sites excluding steroid dienone is 2. The second-order valence-corrected chi connectivity index (χ2v) is 7.11. The lowest BCUT2D eigenvalue weighted by atomic mass is 10.2. The molecule has 2 amide bonds. The van der Waals surface area contributed by atoms with E-state index in [-0.39, 0.29) is 25.0 Å². The quantitative estimate of drug-likeness (QED) is 0.551. The summed E-state index contributed by atoms with van der Waals surface area (Å²) in [5.74, 6) is -0.897. The van der Waals surface area contributed by atoms with E-state index < -0.39 is 29.5 Å². The highest BCUT2D eigenvalue weighted by Crippen LogP contribution is 2.20. The van der Waals surface area contributed by atoms with E-state index in [1.807, 2.05) is 0 Å². The van der Waals surface area contributed by atoms with Gasteiger partial charge < -0.3 is 10.6 Å². The number of nitrogens with zero attached hydrogens (tertiary/aromatic N) is 3. The number of benzene rings is 1. The Kier molecular flexibility index (Phi) is 6.49. The normalized spacial score (nSPS) is 12.8. The monoisotopic (exact) mass is 425 g/mol. The first-order valence-electron chi connectivity index (χ1n) is 9.72. The molecule has 0 unspecified atom stereocenters. The maximum atomic E-state index is 12.6. The zero-order chi connectivity index (χ0) is 22.5. The van der Waals surface area contributed by atoms with Gasteiger partial charge in [-0.15, -0.1) is 13.2 Å². The van der Waals surface area contributed by atoms with Crippen LogP contribution in [0.4, 0.5) is 5.69 Å². The Morgan fingerprint density at radius 3 is 2.10 bits per heavy atom. The van der Waals surface area contributed by atoms with Gasteiger partial charge in [0.2, 0.25) is 5.91 Å². The highest BCUT2D eigenvalue weighted by molar-refractivity contribution is 5.97. The molecule has 162 valence electrons. The topological polar surface area (TPSA) is 124 Å². The Morgan fingerprint density at radius 2 is 1.55 bits per heavy atom. The van der Waals surface area contributed by atoms with Crippen LogP contribution in [0.3, 0.4) is 0 Å². The van der Waals surface area contributed by atoms with Crippen molar-refractivity contribution < 1.29 is 9.59 Å². The molecule has 10 heteroatoms. The average molecular weight is 425 g/mol. The van der Waals surface area contributed by atoms with E-state index in [0.717, 1.165) is 22.0 Å². The fourth-order valence-corrected chi connectivity index (χ4v) is 2.97. The molecule has 1 saturated carbocycles. The number of carbonyl (C=O) groups excluding carboxylic acids is 2. The molecular formula is C21H23N5O5. The van der Waals surface area contributed by atoms with Crippen LogP contribution < -0.4 is 27.7 Å². The minimum absolute atomic E-state index is 0.116. The molecule has 0 atom stereocenters. The van der Waals surface area contributed by atoms with Gasteiger partial charge in [0.1, 0.15) is 6.54 Å². The van der Waals surface area contributed by atoms with Crippen LogP contribution in [-0.2, 0) is 24.4 Å². The molecular weight excluding hydrogens is 402 g/mol. The minimum atomic E-state index is -0.914. The first kappa shape index (κ1) is 21.8.